The van der Waals surface area contributed by atoms with E-state index in [1.807, 2.05) is 6.92 Å². The molecular weight excluding hydrogens is 430 g/mol. The van der Waals surface area contributed by atoms with Gasteiger partial charge < -0.3 is 19.9 Å². The first-order chi connectivity index (χ1) is 15.1. The maximum Gasteiger partial charge on any atom is 0.419 e. The molecule has 174 valence electrons. The molecule has 5 nitrogen and oxygen atoms in total. The average molecular weight is 455 g/mol. The number of halogens is 4. The lowest BCUT2D eigenvalue weighted by atomic mass is 9.95. The van der Waals surface area contributed by atoms with Crippen LogP contribution in [0.5, 0.6) is 11.5 Å². The molecule has 2 aromatic rings. The van der Waals surface area contributed by atoms with Crippen molar-refractivity contribution < 1.29 is 36.9 Å². The van der Waals surface area contributed by atoms with Crippen molar-refractivity contribution in [1.82, 2.24) is 5.32 Å². The number of rotatable bonds is 8. The molecular formula is C23H25F4NO4. The molecule has 0 aromatic heterocycles. The molecule has 1 saturated carbocycles. The number of carbonyl (C=O) groups is 1. The summed E-state index contributed by atoms with van der Waals surface area (Å²) < 4.78 is 64.0. The zero-order chi connectivity index (χ0) is 23.5. The quantitative estimate of drug-likeness (QED) is 0.529. The summed E-state index contributed by atoms with van der Waals surface area (Å²) in [6.07, 6.45) is -2.51. The lowest BCUT2D eigenvalue weighted by Crippen LogP contribution is -2.29. The lowest BCUT2D eigenvalue weighted by molar-refractivity contribution is -0.143. The highest BCUT2D eigenvalue weighted by Gasteiger charge is 2.36. The summed E-state index contributed by atoms with van der Waals surface area (Å²) in [5.74, 6) is -2.20. The molecule has 1 fully saturated rings. The summed E-state index contributed by atoms with van der Waals surface area (Å²) in [5.41, 5.74) is 0.422. The Hall–Kier alpha value is -2.81. The van der Waals surface area contributed by atoms with Crippen molar-refractivity contribution in [2.45, 2.75) is 50.4 Å². The van der Waals surface area contributed by atoms with E-state index in [0.29, 0.717) is 18.4 Å². The van der Waals surface area contributed by atoms with E-state index in [4.69, 9.17) is 14.6 Å². The van der Waals surface area contributed by atoms with E-state index < -0.39 is 35.9 Å². The second-order valence-corrected chi connectivity index (χ2v) is 7.93. The van der Waals surface area contributed by atoms with E-state index in [-0.39, 0.29) is 23.8 Å². The predicted octanol–water partition coefficient (Wildman–Crippen LogP) is 5.30. The van der Waals surface area contributed by atoms with Crippen molar-refractivity contribution in [3.05, 3.63) is 58.9 Å². The number of methoxy groups -OCH3 is 1. The van der Waals surface area contributed by atoms with Gasteiger partial charge in [-0.3, -0.25) is 0 Å². The Morgan fingerprint density at radius 2 is 1.94 bits per heavy atom. The summed E-state index contributed by atoms with van der Waals surface area (Å²) >= 11 is 0. The van der Waals surface area contributed by atoms with Crippen LogP contribution in [0.4, 0.5) is 17.6 Å². The molecule has 0 bridgehead atoms. The molecule has 3 atom stereocenters. The fourth-order valence-electron chi connectivity index (χ4n) is 4.12. The molecule has 3 rings (SSSR count). The van der Waals surface area contributed by atoms with Gasteiger partial charge in [0.05, 0.1) is 12.7 Å². The number of hydrogen-bond acceptors (Lipinski definition) is 4. The highest BCUT2D eigenvalue weighted by Crippen LogP contribution is 2.41. The Balaban J connectivity index is 1.69. The predicted molar refractivity (Wildman–Crippen MR) is 109 cm³/mol. The molecule has 32 heavy (non-hydrogen) atoms. The van der Waals surface area contributed by atoms with Gasteiger partial charge in [-0.15, -0.1) is 0 Å². The number of benzene rings is 2. The van der Waals surface area contributed by atoms with Crippen LogP contribution in [0, 0.1) is 5.82 Å². The highest BCUT2D eigenvalue weighted by atomic mass is 19.4. The number of nitrogens with one attached hydrogen (secondary N) is 1. The molecule has 0 saturated heterocycles. The normalized spacial score (nSPS) is 19.6. The SMILES string of the molecule is COc1cc([C@@H](C)NC2CCC(c3ccc(OCC(=O)O)c(C(F)(F)F)c3)C2)ccc1F. The molecule has 9 heteroatoms. The van der Waals surface area contributed by atoms with E-state index in [1.165, 1.54) is 19.2 Å². The van der Waals surface area contributed by atoms with Gasteiger partial charge in [0.1, 0.15) is 5.75 Å². The third-order valence-electron chi connectivity index (χ3n) is 5.73. The van der Waals surface area contributed by atoms with Gasteiger partial charge in [-0.25, -0.2) is 9.18 Å². The van der Waals surface area contributed by atoms with Crippen molar-refractivity contribution in [1.29, 1.82) is 0 Å². The van der Waals surface area contributed by atoms with Crippen molar-refractivity contribution in [3.63, 3.8) is 0 Å². The van der Waals surface area contributed by atoms with Crippen LogP contribution in [0.25, 0.3) is 0 Å². The molecule has 0 spiro atoms. The second-order valence-electron chi connectivity index (χ2n) is 7.93. The van der Waals surface area contributed by atoms with Gasteiger partial charge in [-0.05, 0) is 67.5 Å². The second kappa shape index (κ2) is 9.77. The first-order valence-corrected chi connectivity index (χ1v) is 10.2. The smallest absolute Gasteiger partial charge is 0.419 e. The van der Waals surface area contributed by atoms with E-state index in [0.717, 1.165) is 18.1 Å². The van der Waals surface area contributed by atoms with Gasteiger partial charge in [-0.1, -0.05) is 12.1 Å². The summed E-state index contributed by atoms with van der Waals surface area (Å²) in [7, 11) is 1.40. The number of aliphatic carboxylic acids is 1. The lowest BCUT2D eigenvalue weighted by Gasteiger charge is -2.21. The Bertz CT molecular complexity index is 963. The van der Waals surface area contributed by atoms with Crippen LogP contribution in [-0.4, -0.2) is 30.8 Å². The minimum atomic E-state index is -4.66. The standard InChI is InChI=1S/C23H25F4NO4/c1-13(14-4-7-19(24)21(11-14)31-2)28-17-6-3-15(9-17)16-5-8-20(32-12-22(29)30)18(10-16)23(25,26)27/h4-5,7-8,10-11,13,15,17,28H,3,6,9,12H2,1-2H3,(H,29,30)/t13-,15?,17?/m1/s1. The first kappa shape index (κ1) is 23.8. The number of carboxylic acid groups (broad SMARTS) is 1. The largest absolute Gasteiger partial charge is 0.494 e. The highest BCUT2D eigenvalue weighted by molar-refractivity contribution is 5.68. The number of carboxylic acids is 1. The van der Waals surface area contributed by atoms with Crippen molar-refractivity contribution in [2.75, 3.05) is 13.7 Å². The molecule has 0 aliphatic heterocycles. The van der Waals surface area contributed by atoms with Crippen LogP contribution in [0.3, 0.4) is 0 Å². The Kier molecular flexibility index (Phi) is 7.28. The Morgan fingerprint density at radius 3 is 2.59 bits per heavy atom. The van der Waals surface area contributed by atoms with Gasteiger partial charge in [0.25, 0.3) is 0 Å². The Labute approximate surface area is 183 Å². The number of ether oxygens (including phenoxy) is 2. The molecule has 0 amide bonds. The van der Waals surface area contributed by atoms with Crippen LogP contribution < -0.4 is 14.8 Å². The molecule has 2 unspecified atom stereocenters. The van der Waals surface area contributed by atoms with Crippen LogP contribution in [0.1, 0.15) is 54.8 Å². The van der Waals surface area contributed by atoms with Crippen molar-refractivity contribution in [2.24, 2.45) is 0 Å². The van der Waals surface area contributed by atoms with Gasteiger partial charge in [0.15, 0.2) is 18.2 Å². The van der Waals surface area contributed by atoms with Crippen LogP contribution in [0.2, 0.25) is 0 Å². The van der Waals surface area contributed by atoms with Crippen LogP contribution in [-0.2, 0) is 11.0 Å². The maximum atomic E-state index is 13.6. The summed E-state index contributed by atoms with van der Waals surface area (Å²) in [6, 6.07) is 8.45. The van der Waals surface area contributed by atoms with Gasteiger partial charge in [0.2, 0.25) is 0 Å². The Morgan fingerprint density at radius 1 is 1.19 bits per heavy atom. The molecule has 1 aliphatic rings. The third kappa shape index (κ3) is 5.70. The zero-order valence-electron chi connectivity index (χ0n) is 17.7. The van der Waals surface area contributed by atoms with Gasteiger partial charge in [-0.2, -0.15) is 13.2 Å². The van der Waals surface area contributed by atoms with Crippen LogP contribution >= 0.6 is 0 Å². The van der Waals surface area contributed by atoms with E-state index >= 15 is 0 Å². The summed E-state index contributed by atoms with van der Waals surface area (Å²) in [5, 5.41) is 12.1. The van der Waals surface area contributed by atoms with Crippen molar-refractivity contribution in [3.8, 4) is 11.5 Å². The molecule has 2 aromatic carbocycles. The van der Waals surface area contributed by atoms with E-state index in [9.17, 15) is 22.4 Å². The minimum absolute atomic E-state index is 0.0722. The number of alkyl halides is 3. The monoisotopic (exact) mass is 455 g/mol. The van der Waals surface area contributed by atoms with E-state index in [1.54, 1.807) is 18.2 Å². The van der Waals surface area contributed by atoms with E-state index in [2.05, 4.69) is 5.32 Å². The summed E-state index contributed by atoms with van der Waals surface area (Å²) in [4.78, 5) is 10.7. The first-order valence-electron chi connectivity index (χ1n) is 10.2. The number of hydrogen-bond donors (Lipinski definition) is 2. The third-order valence-corrected chi connectivity index (χ3v) is 5.73. The van der Waals surface area contributed by atoms with Crippen LogP contribution in [0.15, 0.2) is 36.4 Å². The van der Waals surface area contributed by atoms with Gasteiger partial charge >= 0.3 is 12.1 Å². The average Bonchev–Trinajstić information content (AvgIpc) is 3.20. The fraction of sp³-hybridized carbons (Fsp3) is 0.435. The minimum Gasteiger partial charge on any atom is -0.494 e. The fourth-order valence-corrected chi connectivity index (χ4v) is 4.12. The topological polar surface area (TPSA) is 67.8 Å². The van der Waals surface area contributed by atoms with Gasteiger partial charge in [0, 0.05) is 12.1 Å². The maximum absolute atomic E-state index is 13.6. The molecule has 2 N–H and O–H groups in total. The van der Waals surface area contributed by atoms with Crippen molar-refractivity contribution >= 4 is 5.97 Å². The molecule has 0 heterocycles. The molecule has 1 aliphatic carbocycles. The molecule has 0 radical (unpaired) electrons. The zero-order valence-corrected chi connectivity index (χ0v) is 17.7. The summed E-state index contributed by atoms with van der Waals surface area (Å²) in [6.45, 7) is 1.10.